The van der Waals surface area contributed by atoms with Gasteiger partial charge in [0, 0.05) is 0 Å². The van der Waals surface area contributed by atoms with E-state index in [1.54, 1.807) is 0 Å². The molecule has 19 heavy (non-hydrogen) atoms. The molecule has 3 atom stereocenters. The molecule has 0 aliphatic carbocycles. The zero-order valence-corrected chi connectivity index (χ0v) is 11.7. The van der Waals surface area contributed by atoms with Crippen molar-refractivity contribution in [2.45, 2.75) is 38.8 Å². The second kappa shape index (κ2) is 7.92. The fraction of sp³-hybridized carbons (Fsp3) is 0.533. The van der Waals surface area contributed by atoms with Crippen LogP contribution in [0.3, 0.4) is 0 Å². The topological polar surface area (TPSA) is 75.4 Å². The lowest BCUT2D eigenvalue weighted by atomic mass is 9.98. The van der Waals surface area contributed by atoms with Crippen LogP contribution < -0.4 is 11.1 Å². The number of nitrogens with two attached hydrogens (primary N) is 1. The Hall–Kier alpha value is -1.39. The lowest BCUT2D eigenvalue weighted by molar-refractivity contribution is -0.124. The number of aliphatic hydroxyl groups is 1. The van der Waals surface area contributed by atoms with E-state index in [-0.39, 0.29) is 24.5 Å². The van der Waals surface area contributed by atoms with Crippen molar-refractivity contribution in [2.75, 3.05) is 6.61 Å². The summed E-state index contributed by atoms with van der Waals surface area (Å²) in [6.07, 6.45) is 1.47. The van der Waals surface area contributed by atoms with Crippen LogP contribution in [0.2, 0.25) is 0 Å². The van der Waals surface area contributed by atoms with E-state index < -0.39 is 6.04 Å². The standard InChI is InChI=1S/C15H24N2O2/c1-3-11(2)14(16)15(19)17-13(10-18)9-12-7-5-4-6-8-12/h4-8,11,13-14,18H,3,9-10,16H2,1-2H3,(H,17,19). The van der Waals surface area contributed by atoms with E-state index >= 15 is 0 Å². The van der Waals surface area contributed by atoms with Crippen molar-refractivity contribution < 1.29 is 9.90 Å². The number of benzene rings is 1. The molecule has 0 saturated carbocycles. The van der Waals surface area contributed by atoms with Crippen molar-refractivity contribution in [1.82, 2.24) is 5.32 Å². The summed E-state index contributed by atoms with van der Waals surface area (Å²) in [4.78, 5) is 12.0. The van der Waals surface area contributed by atoms with Crippen molar-refractivity contribution in [3.63, 3.8) is 0 Å². The van der Waals surface area contributed by atoms with E-state index in [1.807, 2.05) is 44.2 Å². The molecule has 0 bridgehead atoms. The van der Waals surface area contributed by atoms with Crippen LogP contribution in [0.15, 0.2) is 30.3 Å². The van der Waals surface area contributed by atoms with E-state index in [1.165, 1.54) is 0 Å². The summed E-state index contributed by atoms with van der Waals surface area (Å²) < 4.78 is 0. The van der Waals surface area contributed by atoms with Gasteiger partial charge in [0.25, 0.3) is 0 Å². The molecule has 0 spiro atoms. The van der Waals surface area contributed by atoms with Gasteiger partial charge in [-0.15, -0.1) is 0 Å². The largest absolute Gasteiger partial charge is 0.394 e. The molecule has 4 nitrogen and oxygen atoms in total. The number of hydrogen-bond acceptors (Lipinski definition) is 3. The molecule has 0 aliphatic heterocycles. The Balaban J connectivity index is 2.55. The molecule has 4 N–H and O–H groups in total. The van der Waals surface area contributed by atoms with Gasteiger partial charge in [-0.2, -0.15) is 0 Å². The summed E-state index contributed by atoms with van der Waals surface area (Å²) in [6.45, 7) is 3.87. The number of amides is 1. The highest BCUT2D eigenvalue weighted by molar-refractivity contribution is 5.82. The van der Waals surface area contributed by atoms with Crippen LogP contribution >= 0.6 is 0 Å². The number of carbonyl (C=O) groups excluding carboxylic acids is 1. The molecule has 0 aliphatic rings. The summed E-state index contributed by atoms with van der Waals surface area (Å²) in [5.74, 6) is -0.0552. The van der Waals surface area contributed by atoms with Gasteiger partial charge < -0.3 is 16.2 Å². The molecule has 1 amide bonds. The first-order chi connectivity index (χ1) is 9.08. The smallest absolute Gasteiger partial charge is 0.237 e. The molecule has 3 unspecified atom stereocenters. The zero-order chi connectivity index (χ0) is 14.3. The van der Waals surface area contributed by atoms with Gasteiger partial charge in [0.1, 0.15) is 0 Å². The Morgan fingerprint density at radius 1 is 1.37 bits per heavy atom. The summed E-state index contributed by atoms with van der Waals surface area (Å²) in [5.41, 5.74) is 6.96. The molecule has 4 heteroatoms. The Morgan fingerprint density at radius 2 is 2.00 bits per heavy atom. The van der Waals surface area contributed by atoms with Crippen LogP contribution in [-0.2, 0) is 11.2 Å². The van der Waals surface area contributed by atoms with Crippen molar-refractivity contribution in [3.05, 3.63) is 35.9 Å². The molecule has 0 fully saturated rings. The Labute approximate surface area is 115 Å². The average Bonchev–Trinajstić information content (AvgIpc) is 2.45. The van der Waals surface area contributed by atoms with Crippen molar-refractivity contribution in [3.8, 4) is 0 Å². The third kappa shape index (κ3) is 5.01. The minimum atomic E-state index is -0.519. The van der Waals surface area contributed by atoms with Gasteiger partial charge >= 0.3 is 0 Å². The zero-order valence-electron chi connectivity index (χ0n) is 11.7. The normalized spacial score (nSPS) is 15.6. The van der Waals surface area contributed by atoms with Crippen molar-refractivity contribution in [2.24, 2.45) is 11.7 Å². The molecular formula is C15H24N2O2. The first kappa shape index (κ1) is 15.7. The maximum Gasteiger partial charge on any atom is 0.237 e. The lowest BCUT2D eigenvalue weighted by Crippen LogP contribution is -2.50. The van der Waals surface area contributed by atoms with Gasteiger partial charge in [-0.3, -0.25) is 4.79 Å². The van der Waals surface area contributed by atoms with Crippen LogP contribution in [0.25, 0.3) is 0 Å². The van der Waals surface area contributed by atoms with Crippen LogP contribution in [-0.4, -0.2) is 29.7 Å². The maximum atomic E-state index is 12.0. The molecule has 1 aromatic rings. The van der Waals surface area contributed by atoms with E-state index in [2.05, 4.69) is 5.32 Å². The van der Waals surface area contributed by atoms with Gasteiger partial charge in [0.15, 0.2) is 0 Å². The van der Waals surface area contributed by atoms with Crippen molar-refractivity contribution >= 4 is 5.91 Å². The third-order valence-corrected chi connectivity index (χ3v) is 3.45. The minimum Gasteiger partial charge on any atom is -0.394 e. The van der Waals surface area contributed by atoms with Gasteiger partial charge in [-0.05, 0) is 17.9 Å². The summed E-state index contributed by atoms with van der Waals surface area (Å²) in [6, 6.07) is 8.97. The highest BCUT2D eigenvalue weighted by atomic mass is 16.3. The van der Waals surface area contributed by atoms with Crippen LogP contribution in [0.1, 0.15) is 25.8 Å². The molecule has 0 heterocycles. The van der Waals surface area contributed by atoms with Crippen LogP contribution in [0.5, 0.6) is 0 Å². The molecule has 0 saturated heterocycles. The Kier molecular flexibility index (Phi) is 6.53. The predicted octanol–water partition coefficient (Wildman–Crippen LogP) is 1.08. The molecule has 1 rings (SSSR count). The first-order valence-corrected chi connectivity index (χ1v) is 6.79. The number of nitrogens with one attached hydrogen (secondary N) is 1. The van der Waals surface area contributed by atoms with Gasteiger partial charge in [-0.1, -0.05) is 50.6 Å². The number of aliphatic hydroxyl groups excluding tert-OH is 1. The van der Waals surface area contributed by atoms with Crippen molar-refractivity contribution in [1.29, 1.82) is 0 Å². The monoisotopic (exact) mass is 264 g/mol. The molecule has 106 valence electrons. The second-order valence-electron chi connectivity index (χ2n) is 4.99. The molecule has 0 radical (unpaired) electrons. The molecular weight excluding hydrogens is 240 g/mol. The highest BCUT2D eigenvalue weighted by Gasteiger charge is 2.21. The average molecular weight is 264 g/mol. The summed E-state index contributed by atoms with van der Waals surface area (Å²) >= 11 is 0. The Bertz CT molecular complexity index is 381. The summed E-state index contributed by atoms with van der Waals surface area (Å²) in [7, 11) is 0. The fourth-order valence-corrected chi connectivity index (χ4v) is 1.87. The third-order valence-electron chi connectivity index (χ3n) is 3.45. The van der Waals surface area contributed by atoms with E-state index in [0.29, 0.717) is 6.42 Å². The van der Waals surface area contributed by atoms with E-state index in [9.17, 15) is 9.90 Å². The highest BCUT2D eigenvalue weighted by Crippen LogP contribution is 2.07. The van der Waals surface area contributed by atoms with E-state index in [0.717, 1.165) is 12.0 Å². The minimum absolute atomic E-state index is 0.0894. The second-order valence-corrected chi connectivity index (χ2v) is 4.99. The predicted molar refractivity (Wildman–Crippen MR) is 76.6 cm³/mol. The Morgan fingerprint density at radius 3 is 2.53 bits per heavy atom. The fourth-order valence-electron chi connectivity index (χ4n) is 1.87. The van der Waals surface area contributed by atoms with Gasteiger partial charge in [-0.25, -0.2) is 0 Å². The van der Waals surface area contributed by atoms with Crippen LogP contribution in [0.4, 0.5) is 0 Å². The summed E-state index contributed by atoms with van der Waals surface area (Å²) in [5, 5.41) is 12.2. The number of hydrogen-bond donors (Lipinski definition) is 3. The quantitative estimate of drug-likeness (QED) is 0.690. The maximum absolute atomic E-state index is 12.0. The lowest BCUT2D eigenvalue weighted by Gasteiger charge is -2.22. The van der Waals surface area contributed by atoms with Crippen LogP contribution in [0, 0.1) is 5.92 Å². The SMILES string of the molecule is CCC(C)C(N)C(=O)NC(CO)Cc1ccccc1. The number of carbonyl (C=O) groups is 1. The molecule has 0 aromatic heterocycles. The number of rotatable bonds is 7. The molecule has 1 aromatic carbocycles. The van der Waals surface area contributed by atoms with Gasteiger partial charge in [0.05, 0.1) is 18.7 Å². The first-order valence-electron chi connectivity index (χ1n) is 6.79. The van der Waals surface area contributed by atoms with E-state index in [4.69, 9.17) is 5.73 Å². The van der Waals surface area contributed by atoms with Gasteiger partial charge in [0.2, 0.25) is 5.91 Å².